The zero-order valence-corrected chi connectivity index (χ0v) is 18.7. The number of hydrogen-bond donors (Lipinski definition) is 4. The molecule has 0 aliphatic rings. The predicted octanol–water partition coefficient (Wildman–Crippen LogP) is 2.75. The Morgan fingerprint density at radius 1 is 1.14 bits per heavy atom. The number of hydrogen-bond acceptors (Lipinski definition) is 7. The van der Waals surface area contributed by atoms with Crippen LogP contribution in [0.2, 0.25) is 5.02 Å². The molecular weight excluding hydrogens is 474 g/mol. The standard InChI is InChI=1S/C23H18ClN7O4/c24-15-1-4-20(31-12-25-28-29-31)17(10-15)13-5-6-30(22(33)9-13)11-21(32)26-16-2-3-18-14(7-16)8-19(27-18)23(34)35/h1-10,12,21,26-27,32H,11H2,(H,34,35). The molecule has 12 heteroatoms. The van der Waals surface area contributed by atoms with Crippen molar-refractivity contribution in [1.82, 2.24) is 29.8 Å². The summed E-state index contributed by atoms with van der Waals surface area (Å²) < 4.78 is 2.85. The number of aromatic amines is 1. The lowest BCUT2D eigenvalue weighted by Gasteiger charge is -2.16. The number of carboxylic acid groups (broad SMARTS) is 1. The SMILES string of the molecule is O=C(O)c1cc2cc(NC(O)Cn3ccc(-c4cc(Cl)ccc4-n4cnnn4)cc3=O)ccc2[nH]1. The monoisotopic (exact) mass is 491 g/mol. The summed E-state index contributed by atoms with van der Waals surface area (Å²) in [6.45, 7) is -0.0138. The Morgan fingerprint density at radius 2 is 2.00 bits per heavy atom. The highest BCUT2D eigenvalue weighted by Crippen LogP contribution is 2.28. The Balaban J connectivity index is 1.35. The van der Waals surface area contributed by atoms with Crippen LogP contribution in [-0.4, -0.2) is 52.2 Å². The number of H-pyrrole nitrogens is 1. The maximum atomic E-state index is 12.8. The van der Waals surface area contributed by atoms with Gasteiger partial charge in [-0.05, 0) is 64.5 Å². The van der Waals surface area contributed by atoms with Crippen molar-refractivity contribution in [3.8, 4) is 16.8 Å². The number of aliphatic hydroxyl groups excluding tert-OH is 1. The third-order valence-corrected chi connectivity index (χ3v) is 5.65. The molecule has 0 fully saturated rings. The number of benzene rings is 2. The van der Waals surface area contributed by atoms with Crippen LogP contribution in [0.4, 0.5) is 5.69 Å². The second-order valence-corrected chi connectivity index (χ2v) is 8.21. The van der Waals surface area contributed by atoms with Crippen LogP contribution in [0, 0.1) is 0 Å². The van der Waals surface area contributed by atoms with E-state index >= 15 is 0 Å². The van der Waals surface area contributed by atoms with Crippen molar-refractivity contribution < 1.29 is 15.0 Å². The summed E-state index contributed by atoms with van der Waals surface area (Å²) in [6, 6.07) is 15.0. The maximum absolute atomic E-state index is 12.8. The van der Waals surface area contributed by atoms with Crippen LogP contribution in [0.25, 0.3) is 27.7 Å². The summed E-state index contributed by atoms with van der Waals surface area (Å²) in [5.41, 5.74) is 2.95. The number of halogens is 1. The normalized spacial score (nSPS) is 12.1. The van der Waals surface area contributed by atoms with Crippen molar-refractivity contribution in [2.45, 2.75) is 12.8 Å². The van der Waals surface area contributed by atoms with E-state index in [1.165, 1.54) is 27.7 Å². The van der Waals surface area contributed by atoms with E-state index in [-0.39, 0.29) is 17.8 Å². The third-order valence-electron chi connectivity index (χ3n) is 5.42. The molecule has 3 aromatic heterocycles. The number of fused-ring (bicyclic) bond motifs is 1. The van der Waals surface area contributed by atoms with Gasteiger partial charge < -0.3 is 25.1 Å². The Morgan fingerprint density at radius 3 is 2.74 bits per heavy atom. The van der Waals surface area contributed by atoms with E-state index in [1.807, 2.05) is 0 Å². The van der Waals surface area contributed by atoms with Crippen molar-refractivity contribution in [1.29, 1.82) is 0 Å². The fourth-order valence-electron chi connectivity index (χ4n) is 3.80. The van der Waals surface area contributed by atoms with Crippen LogP contribution in [0.1, 0.15) is 10.5 Å². The number of tetrazole rings is 1. The summed E-state index contributed by atoms with van der Waals surface area (Å²) in [4.78, 5) is 26.8. The molecule has 0 bridgehead atoms. The van der Waals surface area contributed by atoms with Gasteiger partial charge in [0.25, 0.3) is 5.56 Å². The quantitative estimate of drug-likeness (QED) is 0.254. The molecule has 2 aromatic carbocycles. The van der Waals surface area contributed by atoms with Crippen molar-refractivity contribution in [3.63, 3.8) is 0 Å². The molecule has 0 amide bonds. The van der Waals surface area contributed by atoms with Crippen molar-refractivity contribution >= 4 is 34.2 Å². The van der Waals surface area contributed by atoms with Crippen LogP contribution < -0.4 is 10.9 Å². The molecule has 35 heavy (non-hydrogen) atoms. The van der Waals surface area contributed by atoms with Crippen molar-refractivity contribution in [2.24, 2.45) is 0 Å². The van der Waals surface area contributed by atoms with E-state index in [0.29, 0.717) is 38.4 Å². The number of rotatable bonds is 7. The molecule has 0 aliphatic heterocycles. The molecular formula is C23H18ClN7O4. The van der Waals surface area contributed by atoms with Crippen LogP contribution in [-0.2, 0) is 6.54 Å². The molecule has 4 N–H and O–H groups in total. The summed E-state index contributed by atoms with van der Waals surface area (Å²) in [7, 11) is 0. The molecule has 0 saturated heterocycles. The Kier molecular flexibility index (Phi) is 5.77. The lowest BCUT2D eigenvalue weighted by molar-refractivity contribution is 0.0691. The molecule has 1 unspecified atom stereocenters. The summed E-state index contributed by atoms with van der Waals surface area (Å²) in [5.74, 6) is -1.05. The van der Waals surface area contributed by atoms with Gasteiger partial charge in [0.1, 0.15) is 18.2 Å². The minimum Gasteiger partial charge on any atom is -0.477 e. The second kappa shape index (κ2) is 9.05. The number of pyridine rings is 1. The van der Waals surface area contributed by atoms with E-state index < -0.39 is 12.2 Å². The fraction of sp³-hybridized carbons (Fsp3) is 0.0870. The Labute approximate surface area is 202 Å². The number of aliphatic hydroxyl groups is 1. The average molecular weight is 492 g/mol. The summed E-state index contributed by atoms with van der Waals surface area (Å²) in [6.07, 6.45) is 1.96. The lowest BCUT2D eigenvalue weighted by atomic mass is 10.0. The first-order valence-corrected chi connectivity index (χ1v) is 10.8. The highest BCUT2D eigenvalue weighted by molar-refractivity contribution is 6.31. The number of carboxylic acids is 1. The molecule has 3 heterocycles. The zero-order chi connectivity index (χ0) is 24.5. The summed E-state index contributed by atoms with van der Waals surface area (Å²) in [5, 5.41) is 35.0. The van der Waals surface area contributed by atoms with Crippen LogP contribution in [0.5, 0.6) is 0 Å². The molecule has 176 valence electrons. The highest BCUT2D eigenvalue weighted by Gasteiger charge is 2.13. The first kappa shape index (κ1) is 22.3. The van der Waals surface area contributed by atoms with Crippen molar-refractivity contribution in [2.75, 3.05) is 5.32 Å². The lowest BCUT2D eigenvalue weighted by Crippen LogP contribution is -2.30. The van der Waals surface area contributed by atoms with Crippen molar-refractivity contribution in [3.05, 3.63) is 88.2 Å². The fourth-order valence-corrected chi connectivity index (χ4v) is 3.97. The van der Waals surface area contributed by atoms with Gasteiger partial charge in [-0.2, -0.15) is 4.68 Å². The number of nitrogens with zero attached hydrogens (tertiary/aromatic N) is 5. The van der Waals surface area contributed by atoms with Gasteiger partial charge in [0.05, 0.1) is 12.2 Å². The molecule has 5 rings (SSSR count). The van der Waals surface area contributed by atoms with Gasteiger partial charge in [0, 0.05) is 39.4 Å². The zero-order valence-electron chi connectivity index (χ0n) is 18.0. The first-order chi connectivity index (χ1) is 16.9. The van der Waals surface area contributed by atoms with Gasteiger partial charge in [-0.1, -0.05) is 11.6 Å². The van der Waals surface area contributed by atoms with E-state index in [1.54, 1.807) is 48.7 Å². The number of anilines is 1. The summed E-state index contributed by atoms with van der Waals surface area (Å²) >= 11 is 6.18. The smallest absolute Gasteiger partial charge is 0.352 e. The third kappa shape index (κ3) is 4.63. The number of aromatic nitrogens is 6. The van der Waals surface area contributed by atoms with Crippen LogP contribution >= 0.6 is 11.6 Å². The average Bonchev–Trinajstić information content (AvgIpc) is 3.50. The highest BCUT2D eigenvalue weighted by atomic mass is 35.5. The predicted molar refractivity (Wildman–Crippen MR) is 129 cm³/mol. The largest absolute Gasteiger partial charge is 0.477 e. The number of carbonyl (C=O) groups is 1. The van der Waals surface area contributed by atoms with E-state index in [9.17, 15) is 14.7 Å². The minimum atomic E-state index is -1.07. The molecule has 11 nitrogen and oxygen atoms in total. The minimum absolute atomic E-state index is 0.0138. The second-order valence-electron chi connectivity index (χ2n) is 7.77. The molecule has 0 spiro atoms. The van der Waals surface area contributed by atoms with E-state index in [4.69, 9.17) is 16.7 Å². The molecule has 5 aromatic rings. The first-order valence-electron chi connectivity index (χ1n) is 10.4. The number of aromatic carboxylic acids is 1. The van der Waals surface area contributed by atoms with Gasteiger partial charge in [-0.25, -0.2) is 4.79 Å². The van der Waals surface area contributed by atoms with Crippen LogP contribution in [0.15, 0.2) is 71.9 Å². The van der Waals surface area contributed by atoms with E-state index in [2.05, 4.69) is 25.8 Å². The molecule has 0 saturated carbocycles. The molecule has 0 radical (unpaired) electrons. The van der Waals surface area contributed by atoms with Gasteiger partial charge >= 0.3 is 5.97 Å². The van der Waals surface area contributed by atoms with Gasteiger partial charge in [-0.15, -0.1) is 5.10 Å². The topological polar surface area (TPSA) is 151 Å². The van der Waals surface area contributed by atoms with E-state index in [0.717, 1.165) is 0 Å². The maximum Gasteiger partial charge on any atom is 0.352 e. The molecule has 0 aliphatic carbocycles. The van der Waals surface area contributed by atoms with Gasteiger partial charge in [0.15, 0.2) is 0 Å². The van der Waals surface area contributed by atoms with Gasteiger partial charge in [0.2, 0.25) is 0 Å². The van der Waals surface area contributed by atoms with Gasteiger partial charge in [-0.3, -0.25) is 4.79 Å². The Hall–Kier alpha value is -4.48. The van der Waals surface area contributed by atoms with Crippen LogP contribution in [0.3, 0.4) is 0 Å². The molecule has 1 atom stereocenters. The Bertz CT molecular complexity index is 1590. The number of nitrogens with one attached hydrogen (secondary N) is 2.